The van der Waals surface area contributed by atoms with Crippen molar-refractivity contribution in [1.29, 1.82) is 5.26 Å². The van der Waals surface area contributed by atoms with Crippen LogP contribution in [0.15, 0.2) is 59.1 Å². The number of rotatable bonds is 9. The summed E-state index contributed by atoms with van der Waals surface area (Å²) < 4.78 is 11.3. The molecule has 1 aromatic heterocycles. The fourth-order valence-electron chi connectivity index (χ4n) is 2.91. The van der Waals surface area contributed by atoms with E-state index in [-0.39, 0.29) is 0 Å². The van der Waals surface area contributed by atoms with Crippen molar-refractivity contribution >= 4 is 0 Å². The van der Waals surface area contributed by atoms with Crippen LogP contribution in [0.1, 0.15) is 44.6 Å². The third-order valence-corrected chi connectivity index (χ3v) is 4.45. The van der Waals surface area contributed by atoms with Gasteiger partial charge in [0.25, 0.3) is 0 Å². The van der Waals surface area contributed by atoms with Crippen molar-refractivity contribution in [2.45, 2.75) is 39.0 Å². The maximum atomic E-state index is 9.03. The predicted molar refractivity (Wildman–Crippen MR) is 106 cm³/mol. The number of ether oxygens (including phenoxy) is 1. The fraction of sp³-hybridized carbons (Fsp3) is 0.304. The summed E-state index contributed by atoms with van der Waals surface area (Å²) in [5, 5.41) is 13.2. The number of nitriles is 1. The van der Waals surface area contributed by atoms with E-state index in [1.807, 2.05) is 42.5 Å². The van der Waals surface area contributed by atoms with Gasteiger partial charge in [0.2, 0.25) is 0 Å². The maximum absolute atomic E-state index is 9.03. The highest BCUT2D eigenvalue weighted by molar-refractivity contribution is 5.67. The third-order valence-electron chi connectivity index (χ3n) is 4.45. The summed E-state index contributed by atoms with van der Waals surface area (Å²) in [6.45, 7) is 2.98. The van der Waals surface area contributed by atoms with Gasteiger partial charge in [0.05, 0.1) is 18.2 Å². The maximum Gasteiger partial charge on any atom is 0.167 e. The van der Waals surface area contributed by atoms with Crippen molar-refractivity contribution in [3.63, 3.8) is 0 Å². The summed E-state index contributed by atoms with van der Waals surface area (Å²) in [7, 11) is 0. The molecule has 2 aromatic carbocycles. The Kier molecular flexibility index (Phi) is 6.65. The molecule has 0 saturated carbocycles. The number of aromatic nitrogens is 1. The standard InChI is InChI=1S/C23H24N2O2/c1-2-3-4-5-6-14-26-21-12-10-19(11-13-21)22-16-23(27-25-22)20-9-7-8-18(15-20)17-24/h7-13,15-16H,2-6,14H2,1H3. The Labute approximate surface area is 160 Å². The van der Waals surface area contributed by atoms with Crippen molar-refractivity contribution in [2.75, 3.05) is 6.61 Å². The van der Waals surface area contributed by atoms with Crippen LogP contribution in [0.25, 0.3) is 22.6 Å². The lowest BCUT2D eigenvalue weighted by atomic mass is 10.1. The van der Waals surface area contributed by atoms with E-state index in [4.69, 9.17) is 14.5 Å². The smallest absolute Gasteiger partial charge is 0.167 e. The summed E-state index contributed by atoms with van der Waals surface area (Å²) in [6, 6.07) is 19.2. The normalized spacial score (nSPS) is 10.5. The highest BCUT2D eigenvalue weighted by Crippen LogP contribution is 2.27. The second kappa shape index (κ2) is 9.59. The van der Waals surface area contributed by atoms with Gasteiger partial charge >= 0.3 is 0 Å². The zero-order valence-corrected chi connectivity index (χ0v) is 15.6. The molecule has 1 heterocycles. The number of hydrogen-bond acceptors (Lipinski definition) is 4. The second-order valence-corrected chi connectivity index (χ2v) is 6.56. The van der Waals surface area contributed by atoms with Gasteiger partial charge in [0.15, 0.2) is 5.76 Å². The van der Waals surface area contributed by atoms with E-state index in [2.05, 4.69) is 18.1 Å². The number of nitrogens with zero attached hydrogens (tertiary/aromatic N) is 2. The average Bonchev–Trinajstić information content (AvgIpc) is 3.21. The molecule has 4 nitrogen and oxygen atoms in total. The molecule has 0 aliphatic carbocycles. The van der Waals surface area contributed by atoms with Crippen LogP contribution in [-0.2, 0) is 0 Å². The van der Waals surface area contributed by atoms with Gasteiger partial charge in [0, 0.05) is 17.2 Å². The van der Waals surface area contributed by atoms with Gasteiger partial charge in [-0.2, -0.15) is 5.26 Å². The minimum Gasteiger partial charge on any atom is -0.494 e. The van der Waals surface area contributed by atoms with Gasteiger partial charge < -0.3 is 9.26 Å². The minimum atomic E-state index is 0.599. The summed E-state index contributed by atoms with van der Waals surface area (Å²) >= 11 is 0. The monoisotopic (exact) mass is 360 g/mol. The Morgan fingerprint density at radius 2 is 1.78 bits per heavy atom. The molecule has 27 heavy (non-hydrogen) atoms. The molecule has 0 radical (unpaired) electrons. The molecule has 0 aliphatic rings. The van der Waals surface area contributed by atoms with Crippen LogP contribution >= 0.6 is 0 Å². The Bertz CT molecular complexity index is 891. The summed E-state index contributed by atoms with van der Waals surface area (Å²) in [5.74, 6) is 1.52. The van der Waals surface area contributed by atoms with Crippen molar-refractivity contribution < 1.29 is 9.26 Å². The Hall–Kier alpha value is -3.06. The lowest BCUT2D eigenvalue weighted by Crippen LogP contribution is -1.97. The molecule has 0 spiro atoms. The van der Waals surface area contributed by atoms with Crippen LogP contribution in [0, 0.1) is 11.3 Å². The van der Waals surface area contributed by atoms with Crippen molar-refractivity contribution in [3.05, 3.63) is 60.2 Å². The van der Waals surface area contributed by atoms with E-state index >= 15 is 0 Å². The van der Waals surface area contributed by atoms with Crippen LogP contribution in [0.2, 0.25) is 0 Å². The number of unbranched alkanes of at least 4 members (excludes halogenated alkanes) is 4. The third kappa shape index (κ3) is 5.21. The van der Waals surface area contributed by atoms with Gasteiger partial charge in [0.1, 0.15) is 11.4 Å². The molecular formula is C23H24N2O2. The first kappa shape index (κ1) is 18.7. The van der Waals surface area contributed by atoms with Gasteiger partial charge in [-0.05, 0) is 42.8 Å². The minimum absolute atomic E-state index is 0.599. The summed E-state index contributed by atoms with van der Waals surface area (Å²) in [4.78, 5) is 0. The molecule has 3 rings (SSSR count). The summed E-state index contributed by atoms with van der Waals surface area (Å²) in [6.07, 6.45) is 6.16. The molecule has 0 bridgehead atoms. The molecular weight excluding hydrogens is 336 g/mol. The molecule has 0 aliphatic heterocycles. The van der Waals surface area contributed by atoms with Gasteiger partial charge in [-0.3, -0.25) is 0 Å². The quantitative estimate of drug-likeness (QED) is 0.424. The average molecular weight is 360 g/mol. The topological polar surface area (TPSA) is 59.0 Å². The highest BCUT2D eigenvalue weighted by Gasteiger charge is 2.09. The van der Waals surface area contributed by atoms with E-state index in [1.54, 1.807) is 12.1 Å². The Morgan fingerprint density at radius 3 is 2.56 bits per heavy atom. The van der Waals surface area contributed by atoms with Crippen LogP contribution in [0.3, 0.4) is 0 Å². The largest absolute Gasteiger partial charge is 0.494 e. The molecule has 138 valence electrons. The van der Waals surface area contributed by atoms with E-state index in [1.165, 1.54) is 25.7 Å². The van der Waals surface area contributed by atoms with Crippen molar-refractivity contribution in [3.8, 4) is 34.4 Å². The van der Waals surface area contributed by atoms with Crippen LogP contribution < -0.4 is 4.74 Å². The molecule has 0 amide bonds. The van der Waals surface area contributed by atoms with Gasteiger partial charge in [-0.25, -0.2) is 0 Å². The zero-order chi connectivity index (χ0) is 18.9. The van der Waals surface area contributed by atoms with E-state index < -0.39 is 0 Å². The zero-order valence-electron chi connectivity index (χ0n) is 15.6. The Morgan fingerprint density at radius 1 is 0.963 bits per heavy atom. The second-order valence-electron chi connectivity index (χ2n) is 6.56. The molecule has 0 atom stereocenters. The first-order chi connectivity index (χ1) is 13.3. The SMILES string of the molecule is CCCCCCCOc1ccc(-c2cc(-c3cccc(C#N)c3)on2)cc1. The van der Waals surface area contributed by atoms with Crippen LogP contribution in [0.4, 0.5) is 0 Å². The predicted octanol–water partition coefficient (Wildman–Crippen LogP) is 6.23. The molecule has 4 heteroatoms. The molecule has 0 saturated heterocycles. The van der Waals surface area contributed by atoms with Crippen molar-refractivity contribution in [2.24, 2.45) is 0 Å². The number of hydrogen-bond donors (Lipinski definition) is 0. The Balaban J connectivity index is 1.59. The highest BCUT2D eigenvalue weighted by atomic mass is 16.5. The van der Waals surface area contributed by atoms with Crippen LogP contribution in [0.5, 0.6) is 5.75 Å². The van der Waals surface area contributed by atoms with E-state index in [0.717, 1.165) is 35.6 Å². The first-order valence-corrected chi connectivity index (χ1v) is 9.50. The molecule has 0 unspecified atom stereocenters. The lowest BCUT2D eigenvalue weighted by molar-refractivity contribution is 0.304. The van der Waals surface area contributed by atoms with Gasteiger partial charge in [-0.15, -0.1) is 0 Å². The molecule has 3 aromatic rings. The van der Waals surface area contributed by atoms with Gasteiger partial charge in [-0.1, -0.05) is 49.9 Å². The summed E-state index contributed by atoms with van der Waals surface area (Å²) in [5.41, 5.74) is 3.17. The fourth-order valence-corrected chi connectivity index (χ4v) is 2.91. The molecule has 0 fully saturated rings. The van der Waals surface area contributed by atoms with E-state index in [9.17, 15) is 0 Å². The van der Waals surface area contributed by atoms with Crippen molar-refractivity contribution in [1.82, 2.24) is 5.16 Å². The number of benzene rings is 2. The van der Waals surface area contributed by atoms with E-state index in [0.29, 0.717) is 11.3 Å². The lowest BCUT2D eigenvalue weighted by Gasteiger charge is -2.06. The van der Waals surface area contributed by atoms with Crippen LogP contribution in [-0.4, -0.2) is 11.8 Å². The molecule has 0 N–H and O–H groups in total. The first-order valence-electron chi connectivity index (χ1n) is 9.50.